The van der Waals surface area contributed by atoms with Crippen molar-refractivity contribution in [2.24, 2.45) is 10.7 Å². The molecule has 0 spiro atoms. The van der Waals surface area contributed by atoms with Gasteiger partial charge < -0.3 is 20.1 Å². The smallest absolute Gasteiger partial charge is 0.244 e. The molecule has 0 bridgehead atoms. The van der Waals surface area contributed by atoms with Crippen LogP contribution in [0.1, 0.15) is 11.1 Å². The molecule has 2 aliphatic rings. The number of aliphatic imine (C=N–C) groups is 1. The zero-order valence-electron chi connectivity index (χ0n) is 17.7. The van der Waals surface area contributed by atoms with E-state index in [0.717, 1.165) is 28.1 Å². The highest BCUT2D eigenvalue weighted by atomic mass is 32.2. The number of guanidine groups is 1. The normalized spacial score (nSPS) is 24.3. The van der Waals surface area contributed by atoms with Crippen LogP contribution in [0.15, 0.2) is 35.3 Å². The molecule has 2 N–H and O–H groups in total. The summed E-state index contributed by atoms with van der Waals surface area (Å²) >= 11 is 0. The average Bonchev–Trinajstić information content (AvgIpc) is 3.15. The third-order valence-corrected chi connectivity index (χ3v) is 8.02. The van der Waals surface area contributed by atoms with Gasteiger partial charge in [-0.15, -0.1) is 0 Å². The number of ether oxygens (including phenoxy) is 2. The average molecular weight is 467 g/mol. The molecule has 12 heteroatoms. The second kappa shape index (κ2) is 7.85. The molecule has 1 unspecified atom stereocenters. The minimum atomic E-state index is -4.04. The largest absolute Gasteiger partial charge is 0.481 e. The first-order valence-electron chi connectivity index (χ1n) is 9.70. The first-order valence-corrected chi connectivity index (χ1v) is 11.2. The van der Waals surface area contributed by atoms with Crippen LogP contribution in [-0.4, -0.2) is 63.3 Å². The van der Waals surface area contributed by atoms with E-state index in [4.69, 9.17) is 15.2 Å². The number of hydrogen-bond donors (Lipinski definition) is 1. The molecule has 1 saturated heterocycles. The minimum Gasteiger partial charge on any atom is -0.481 e. The van der Waals surface area contributed by atoms with Crippen molar-refractivity contribution in [2.45, 2.75) is 17.4 Å². The number of anilines is 1. The van der Waals surface area contributed by atoms with Gasteiger partial charge in [-0.3, -0.25) is 0 Å². The van der Waals surface area contributed by atoms with Crippen molar-refractivity contribution in [3.8, 4) is 5.88 Å². The summed E-state index contributed by atoms with van der Waals surface area (Å²) in [5, 5.41) is -1.22. The summed E-state index contributed by atoms with van der Waals surface area (Å²) in [6.07, 6.45) is 0. The summed E-state index contributed by atoms with van der Waals surface area (Å²) in [4.78, 5) is 10.5. The van der Waals surface area contributed by atoms with Crippen molar-refractivity contribution in [1.29, 1.82) is 0 Å². The number of hydrogen-bond acceptors (Lipinski definition) is 8. The van der Waals surface area contributed by atoms with Crippen LogP contribution < -0.4 is 15.4 Å². The van der Waals surface area contributed by atoms with Gasteiger partial charge in [-0.05, 0) is 29.8 Å². The van der Waals surface area contributed by atoms with Crippen LogP contribution >= 0.6 is 0 Å². The van der Waals surface area contributed by atoms with E-state index in [0.29, 0.717) is 11.7 Å². The highest BCUT2D eigenvalue weighted by Crippen LogP contribution is 2.45. The fourth-order valence-corrected chi connectivity index (χ4v) is 6.03. The van der Waals surface area contributed by atoms with E-state index in [1.807, 2.05) is 0 Å². The Morgan fingerprint density at radius 2 is 2.00 bits per heavy atom. The number of sulfonamides is 1. The van der Waals surface area contributed by atoms with E-state index >= 15 is 0 Å². The number of pyridine rings is 1. The van der Waals surface area contributed by atoms with Gasteiger partial charge in [0.05, 0.1) is 20.3 Å². The van der Waals surface area contributed by atoms with Crippen molar-refractivity contribution in [2.75, 3.05) is 39.3 Å². The Morgan fingerprint density at radius 3 is 2.69 bits per heavy atom. The lowest BCUT2D eigenvalue weighted by molar-refractivity contribution is 0.184. The predicted octanol–water partition coefficient (Wildman–Crippen LogP) is 1.19. The van der Waals surface area contributed by atoms with Crippen molar-refractivity contribution >= 4 is 21.8 Å². The quantitative estimate of drug-likeness (QED) is 0.703. The summed E-state index contributed by atoms with van der Waals surface area (Å²) in [5.41, 5.74) is 4.84. The van der Waals surface area contributed by atoms with E-state index in [1.165, 1.54) is 14.2 Å². The molecule has 2 aliphatic heterocycles. The number of nitrogens with two attached hydrogens (primary N) is 1. The third-order valence-electron chi connectivity index (χ3n) is 5.82. The number of nitrogens with zero attached hydrogens (tertiary/aromatic N) is 4. The van der Waals surface area contributed by atoms with Crippen LogP contribution in [0.5, 0.6) is 5.88 Å². The van der Waals surface area contributed by atoms with Crippen LogP contribution in [0.3, 0.4) is 0 Å². The lowest BCUT2D eigenvalue weighted by atomic mass is 9.88. The van der Waals surface area contributed by atoms with E-state index in [1.54, 1.807) is 24.1 Å². The number of aromatic nitrogens is 1. The van der Waals surface area contributed by atoms with Gasteiger partial charge in [-0.2, -0.15) is 4.98 Å². The first-order chi connectivity index (χ1) is 15.1. The second-order valence-corrected chi connectivity index (χ2v) is 9.86. The minimum absolute atomic E-state index is 0.0635. The highest BCUT2D eigenvalue weighted by Gasteiger charge is 2.59. The molecule has 0 saturated carbocycles. The molecule has 32 heavy (non-hydrogen) atoms. The van der Waals surface area contributed by atoms with E-state index in [2.05, 4.69) is 9.98 Å². The number of fused-ring (bicyclic) bond motifs is 1. The standard InChI is InChI=1S/C20H23F2N5O4S/c1-26-19(23)25-20(14-8-13(21)4-5-15(14)22)11-27(9-16(20)32(26,28)29)17-6-12(10-30-2)7-18(24-17)31-3/h4-8,16H,9-11H2,1-3H3,(H2,23,25)/t16?,20-/m1/s1. The molecule has 2 atom stereocenters. The van der Waals surface area contributed by atoms with Gasteiger partial charge in [0.2, 0.25) is 21.9 Å². The summed E-state index contributed by atoms with van der Waals surface area (Å²) in [6.45, 7) is 0.128. The summed E-state index contributed by atoms with van der Waals surface area (Å²) < 4.78 is 67.0. The Kier molecular flexibility index (Phi) is 5.45. The maximum Gasteiger partial charge on any atom is 0.244 e. The van der Waals surface area contributed by atoms with Gasteiger partial charge in [0.15, 0.2) is 0 Å². The second-order valence-electron chi connectivity index (χ2n) is 7.71. The molecule has 1 fully saturated rings. The van der Waals surface area contributed by atoms with Crippen molar-refractivity contribution in [3.63, 3.8) is 0 Å². The Balaban J connectivity index is 1.90. The topological polar surface area (TPSA) is 110 Å². The van der Waals surface area contributed by atoms with Crippen LogP contribution in [0.25, 0.3) is 0 Å². The number of halogens is 2. The molecule has 172 valence electrons. The Morgan fingerprint density at radius 1 is 1.25 bits per heavy atom. The molecule has 0 radical (unpaired) electrons. The number of rotatable bonds is 5. The summed E-state index contributed by atoms with van der Waals surface area (Å²) in [5.74, 6) is -1.08. The Hall–Kier alpha value is -2.99. The van der Waals surface area contributed by atoms with E-state index in [9.17, 15) is 17.2 Å². The fraction of sp³-hybridized carbons (Fsp3) is 0.400. The van der Waals surface area contributed by atoms with Crippen molar-refractivity contribution in [1.82, 2.24) is 9.29 Å². The molecule has 9 nitrogen and oxygen atoms in total. The monoisotopic (exact) mass is 467 g/mol. The molecule has 0 amide bonds. The SMILES string of the molecule is COCc1cc(OC)nc(N2CC3[C@](c4cc(F)ccc4F)(C2)N=C(N)N(C)S3(=O)=O)c1. The molecule has 4 rings (SSSR count). The molecule has 1 aromatic carbocycles. The molecule has 1 aromatic heterocycles. The zero-order chi connectivity index (χ0) is 23.3. The van der Waals surface area contributed by atoms with Gasteiger partial charge in [0.1, 0.15) is 28.2 Å². The van der Waals surface area contributed by atoms with E-state index < -0.39 is 32.4 Å². The zero-order valence-corrected chi connectivity index (χ0v) is 18.6. The Bertz CT molecular complexity index is 1190. The molecular formula is C20H23F2N5O4S. The maximum absolute atomic E-state index is 14.9. The van der Waals surface area contributed by atoms with Gasteiger partial charge in [0.25, 0.3) is 0 Å². The fourth-order valence-electron chi connectivity index (χ4n) is 4.24. The van der Waals surface area contributed by atoms with Crippen LogP contribution in [0.4, 0.5) is 14.6 Å². The van der Waals surface area contributed by atoms with Crippen molar-refractivity contribution in [3.05, 3.63) is 53.1 Å². The summed E-state index contributed by atoms with van der Waals surface area (Å²) in [6, 6.07) is 6.31. The van der Waals surface area contributed by atoms with Gasteiger partial charge in [0, 0.05) is 32.3 Å². The predicted molar refractivity (Wildman–Crippen MR) is 114 cm³/mol. The summed E-state index contributed by atoms with van der Waals surface area (Å²) in [7, 11) is 0.242. The van der Waals surface area contributed by atoms with Crippen LogP contribution in [-0.2, 0) is 26.9 Å². The molecular weight excluding hydrogens is 444 g/mol. The van der Waals surface area contributed by atoms with Crippen LogP contribution in [0.2, 0.25) is 0 Å². The van der Waals surface area contributed by atoms with E-state index in [-0.39, 0.29) is 31.2 Å². The third kappa shape index (κ3) is 3.43. The van der Waals surface area contributed by atoms with Gasteiger partial charge in [-0.1, -0.05) is 0 Å². The Labute approximate surface area is 184 Å². The number of benzene rings is 1. The maximum atomic E-state index is 14.9. The van der Waals surface area contributed by atoms with Crippen LogP contribution in [0, 0.1) is 11.6 Å². The molecule has 0 aliphatic carbocycles. The van der Waals surface area contributed by atoms with Gasteiger partial charge >= 0.3 is 0 Å². The first kappa shape index (κ1) is 22.2. The lowest BCUT2D eigenvalue weighted by Gasteiger charge is -2.38. The highest BCUT2D eigenvalue weighted by molar-refractivity contribution is 7.90. The molecule has 2 aromatic rings. The van der Waals surface area contributed by atoms with Crippen molar-refractivity contribution < 1.29 is 26.7 Å². The lowest BCUT2D eigenvalue weighted by Crippen LogP contribution is -2.57. The van der Waals surface area contributed by atoms with Gasteiger partial charge in [-0.25, -0.2) is 26.5 Å². The number of methoxy groups -OCH3 is 2. The molecule has 3 heterocycles.